The van der Waals surface area contributed by atoms with Crippen LogP contribution in [-0.4, -0.2) is 50.0 Å². The van der Waals surface area contributed by atoms with Crippen LogP contribution >= 0.6 is 12.4 Å². The van der Waals surface area contributed by atoms with E-state index in [1.54, 1.807) is 12.0 Å². The molecular formula is C17H26ClN3O3. The summed E-state index contributed by atoms with van der Waals surface area (Å²) in [6.07, 6.45) is 1.95. The largest absolute Gasteiger partial charge is 0.496 e. The number of rotatable bonds is 6. The molecule has 24 heavy (non-hydrogen) atoms. The number of ether oxygens (including phenoxy) is 1. The molecule has 2 amide bonds. The van der Waals surface area contributed by atoms with E-state index in [2.05, 4.69) is 5.32 Å². The number of amides is 2. The van der Waals surface area contributed by atoms with E-state index in [1.165, 1.54) is 0 Å². The van der Waals surface area contributed by atoms with Crippen LogP contribution in [0.25, 0.3) is 0 Å². The average molecular weight is 356 g/mol. The first kappa shape index (κ1) is 20.3. The molecule has 0 radical (unpaired) electrons. The molecule has 0 saturated carbocycles. The quantitative estimate of drug-likeness (QED) is 0.796. The zero-order valence-electron chi connectivity index (χ0n) is 14.0. The number of methoxy groups -OCH3 is 1. The monoisotopic (exact) mass is 355 g/mol. The van der Waals surface area contributed by atoms with E-state index in [0.717, 1.165) is 24.2 Å². The van der Waals surface area contributed by atoms with E-state index in [9.17, 15) is 9.59 Å². The van der Waals surface area contributed by atoms with Gasteiger partial charge in [-0.3, -0.25) is 9.59 Å². The van der Waals surface area contributed by atoms with Crippen LogP contribution in [0.5, 0.6) is 5.75 Å². The summed E-state index contributed by atoms with van der Waals surface area (Å²) < 4.78 is 5.29. The Balaban J connectivity index is 0.00000288. The van der Waals surface area contributed by atoms with E-state index < -0.39 is 0 Å². The van der Waals surface area contributed by atoms with Gasteiger partial charge in [-0.25, -0.2) is 0 Å². The van der Waals surface area contributed by atoms with Gasteiger partial charge in [-0.2, -0.15) is 0 Å². The van der Waals surface area contributed by atoms with Gasteiger partial charge in [-0.15, -0.1) is 12.4 Å². The number of piperidine rings is 1. The highest BCUT2D eigenvalue weighted by Crippen LogP contribution is 2.21. The lowest BCUT2D eigenvalue weighted by Crippen LogP contribution is -2.46. The summed E-state index contributed by atoms with van der Waals surface area (Å²) in [7, 11) is 1.60. The first-order chi connectivity index (χ1) is 11.2. The van der Waals surface area contributed by atoms with Gasteiger partial charge >= 0.3 is 0 Å². The summed E-state index contributed by atoms with van der Waals surface area (Å²) in [5.74, 6) is 0.600. The van der Waals surface area contributed by atoms with Crippen LogP contribution in [-0.2, 0) is 16.0 Å². The molecule has 0 aromatic heterocycles. The Morgan fingerprint density at radius 1 is 1.38 bits per heavy atom. The Morgan fingerprint density at radius 2 is 2.12 bits per heavy atom. The number of likely N-dealkylation sites (tertiary alicyclic amines) is 1. The van der Waals surface area contributed by atoms with Crippen LogP contribution in [0.2, 0.25) is 0 Å². The minimum Gasteiger partial charge on any atom is -0.496 e. The lowest BCUT2D eigenvalue weighted by molar-refractivity contribution is -0.135. The normalized spacial score (nSPS) is 16.9. The number of benzene rings is 1. The molecule has 6 nitrogen and oxygen atoms in total. The van der Waals surface area contributed by atoms with Crippen LogP contribution in [0.15, 0.2) is 24.3 Å². The average Bonchev–Trinajstić information content (AvgIpc) is 2.60. The molecule has 0 bridgehead atoms. The summed E-state index contributed by atoms with van der Waals surface area (Å²) in [5, 5.41) is 2.81. The number of carbonyl (C=O) groups excluding carboxylic acids is 2. The molecule has 0 spiro atoms. The summed E-state index contributed by atoms with van der Waals surface area (Å²) in [6, 6.07) is 7.52. The van der Waals surface area contributed by atoms with Gasteiger partial charge in [-0.1, -0.05) is 18.2 Å². The highest BCUT2D eigenvalue weighted by atomic mass is 35.5. The minimum absolute atomic E-state index is 0. The van der Waals surface area contributed by atoms with Crippen molar-refractivity contribution in [3.63, 3.8) is 0 Å². The summed E-state index contributed by atoms with van der Waals surface area (Å²) in [6.45, 7) is 2.08. The highest BCUT2D eigenvalue weighted by molar-refractivity contribution is 5.85. The number of hydrogen-bond acceptors (Lipinski definition) is 4. The van der Waals surface area contributed by atoms with Crippen molar-refractivity contribution < 1.29 is 14.3 Å². The highest BCUT2D eigenvalue weighted by Gasteiger charge is 2.28. The summed E-state index contributed by atoms with van der Waals surface area (Å²) >= 11 is 0. The van der Waals surface area contributed by atoms with Gasteiger partial charge in [0.05, 0.1) is 19.4 Å². The maximum atomic E-state index is 12.5. The third-order valence-corrected chi connectivity index (χ3v) is 4.12. The predicted octanol–water partition coefficient (Wildman–Crippen LogP) is 0.973. The number of nitrogens with two attached hydrogens (primary N) is 1. The van der Waals surface area contributed by atoms with Crippen molar-refractivity contribution in [2.24, 2.45) is 11.7 Å². The van der Waals surface area contributed by atoms with E-state index in [-0.39, 0.29) is 30.1 Å². The molecule has 1 fully saturated rings. The molecular weight excluding hydrogens is 330 g/mol. The molecule has 3 N–H and O–H groups in total. The molecule has 0 aliphatic carbocycles. The third kappa shape index (κ3) is 5.39. The maximum Gasteiger partial charge on any atom is 0.227 e. The maximum absolute atomic E-state index is 12.5. The first-order valence-corrected chi connectivity index (χ1v) is 8.03. The number of halogens is 1. The molecule has 2 rings (SSSR count). The van der Waals surface area contributed by atoms with Crippen molar-refractivity contribution in [3.05, 3.63) is 29.8 Å². The number of hydrogen-bond donors (Lipinski definition) is 2. The fourth-order valence-corrected chi connectivity index (χ4v) is 2.88. The third-order valence-electron chi connectivity index (χ3n) is 4.12. The van der Waals surface area contributed by atoms with Crippen LogP contribution in [0.3, 0.4) is 0 Å². The summed E-state index contributed by atoms with van der Waals surface area (Å²) in [4.78, 5) is 26.4. The van der Waals surface area contributed by atoms with Crippen molar-refractivity contribution >= 4 is 24.2 Å². The standard InChI is InChI=1S/C17H25N3O3.ClH/c1-23-15-7-3-2-5-13(15)11-16(21)20-10-4-6-14(12-20)17(22)19-9-8-18;/h2-3,5,7,14H,4,6,8-12,18H2,1H3,(H,19,22);1H. The molecule has 134 valence electrons. The molecule has 1 atom stereocenters. The SMILES string of the molecule is COc1ccccc1CC(=O)N1CCCC(C(=O)NCCN)C1.Cl. The van der Waals surface area contributed by atoms with E-state index in [0.29, 0.717) is 32.6 Å². The Labute approximate surface area is 149 Å². The predicted molar refractivity (Wildman–Crippen MR) is 95.3 cm³/mol. The molecule has 1 aromatic rings. The zero-order valence-corrected chi connectivity index (χ0v) is 14.8. The van der Waals surface area contributed by atoms with Gasteiger partial charge < -0.3 is 20.7 Å². The Bertz CT molecular complexity index is 554. The topological polar surface area (TPSA) is 84.7 Å². The van der Waals surface area contributed by atoms with Gasteiger partial charge in [0.2, 0.25) is 11.8 Å². The molecule has 1 aliphatic rings. The molecule has 7 heteroatoms. The van der Waals surface area contributed by atoms with Gasteiger partial charge in [0.15, 0.2) is 0 Å². The molecule has 1 aliphatic heterocycles. The second kappa shape index (κ2) is 10.2. The fourth-order valence-electron chi connectivity index (χ4n) is 2.88. The fraction of sp³-hybridized carbons (Fsp3) is 0.529. The van der Waals surface area contributed by atoms with E-state index in [4.69, 9.17) is 10.5 Å². The lowest BCUT2D eigenvalue weighted by Gasteiger charge is -2.32. The molecule has 1 unspecified atom stereocenters. The van der Waals surface area contributed by atoms with Crippen molar-refractivity contribution in [1.29, 1.82) is 0 Å². The molecule has 1 aromatic carbocycles. The van der Waals surface area contributed by atoms with Gasteiger partial charge in [-0.05, 0) is 18.9 Å². The first-order valence-electron chi connectivity index (χ1n) is 8.03. The Hall–Kier alpha value is -1.79. The van der Waals surface area contributed by atoms with Crippen molar-refractivity contribution in [1.82, 2.24) is 10.2 Å². The van der Waals surface area contributed by atoms with Gasteiger partial charge in [0, 0.05) is 31.7 Å². The minimum atomic E-state index is -0.142. The lowest BCUT2D eigenvalue weighted by atomic mass is 9.96. The van der Waals surface area contributed by atoms with Crippen molar-refractivity contribution in [2.75, 3.05) is 33.3 Å². The van der Waals surface area contributed by atoms with Crippen LogP contribution in [0, 0.1) is 5.92 Å². The van der Waals surface area contributed by atoms with E-state index >= 15 is 0 Å². The summed E-state index contributed by atoms with van der Waals surface area (Å²) in [5.41, 5.74) is 6.27. The number of para-hydroxylation sites is 1. The molecule has 1 heterocycles. The van der Waals surface area contributed by atoms with Crippen LogP contribution < -0.4 is 15.8 Å². The van der Waals surface area contributed by atoms with Gasteiger partial charge in [0.1, 0.15) is 5.75 Å². The molecule has 1 saturated heterocycles. The smallest absolute Gasteiger partial charge is 0.227 e. The second-order valence-corrected chi connectivity index (χ2v) is 5.75. The number of nitrogens with zero attached hydrogens (tertiary/aromatic N) is 1. The Morgan fingerprint density at radius 3 is 2.83 bits per heavy atom. The van der Waals surface area contributed by atoms with Crippen molar-refractivity contribution in [2.45, 2.75) is 19.3 Å². The second-order valence-electron chi connectivity index (χ2n) is 5.75. The van der Waals surface area contributed by atoms with Crippen molar-refractivity contribution in [3.8, 4) is 5.75 Å². The number of nitrogens with one attached hydrogen (secondary N) is 1. The Kier molecular flexibility index (Phi) is 8.57. The van der Waals surface area contributed by atoms with Crippen LogP contribution in [0.4, 0.5) is 0 Å². The number of carbonyl (C=O) groups is 2. The van der Waals surface area contributed by atoms with E-state index in [1.807, 2.05) is 24.3 Å². The van der Waals surface area contributed by atoms with Gasteiger partial charge in [0.25, 0.3) is 0 Å². The van der Waals surface area contributed by atoms with Crippen LogP contribution in [0.1, 0.15) is 18.4 Å². The zero-order chi connectivity index (χ0) is 16.7.